The van der Waals surface area contributed by atoms with Gasteiger partial charge in [-0.3, -0.25) is 18.7 Å². The van der Waals surface area contributed by atoms with Gasteiger partial charge in [-0.25, -0.2) is 15.0 Å². The van der Waals surface area contributed by atoms with Crippen molar-refractivity contribution in [2.45, 2.75) is 52.4 Å². The zero-order valence-corrected chi connectivity index (χ0v) is 27.4. The quantitative estimate of drug-likeness (QED) is 0.0760. The molecule has 0 aliphatic heterocycles. The number of carbonyl (C=O) groups is 2. The molecule has 17 nitrogen and oxygen atoms in total. The number of anilines is 1. The number of aromatic amines is 1. The highest BCUT2D eigenvalue weighted by Crippen LogP contribution is 2.38. The first-order valence-corrected chi connectivity index (χ1v) is 16.5. The van der Waals surface area contributed by atoms with Gasteiger partial charge in [0.15, 0.2) is 11.5 Å². The lowest BCUT2D eigenvalue weighted by Crippen LogP contribution is -2.43. The van der Waals surface area contributed by atoms with Crippen molar-refractivity contribution in [2.75, 3.05) is 52.2 Å². The fourth-order valence-corrected chi connectivity index (χ4v) is 6.24. The van der Waals surface area contributed by atoms with Crippen LogP contribution in [0.2, 0.25) is 0 Å². The minimum Gasteiger partial charge on any atom is -0.491 e. The first-order valence-electron chi connectivity index (χ1n) is 14.6. The fourth-order valence-electron chi connectivity index (χ4n) is 4.13. The van der Waals surface area contributed by atoms with Crippen LogP contribution in [-0.4, -0.2) is 96.1 Å². The third kappa shape index (κ3) is 10.5. The first kappa shape index (κ1) is 36.4. The van der Waals surface area contributed by atoms with E-state index in [-0.39, 0.29) is 62.6 Å². The van der Waals surface area contributed by atoms with Gasteiger partial charge in [-0.1, -0.05) is 18.2 Å². The van der Waals surface area contributed by atoms with E-state index in [1.165, 1.54) is 25.5 Å². The molecule has 1 aromatic carbocycles. The van der Waals surface area contributed by atoms with Gasteiger partial charge >= 0.3 is 23.6 Å². The van der Waals surface area contributed by atoms with E-state index in [1.54, 1.807) is 38.1 Å². The maximum absolute atomic E-state index is 14.2. The number of aromatic nitrogens is 4. The molecule has 0 spiro atoms. The zero-order valence-electron chi connectivity index (χ0n) is 26.5. The minimum atomic E-state index is -3.87. The van der Waals surface area contributed by atoms with E-state index in [9.17, 15) is 18.9 Å². The average molecular weight is 668 g/mol. The Hall–Kier alpha value is -4.02. The van der Waals surface area contributed by atoms with Crippen LogP contribution in [-0.2, 0) is 39.6 Å². The van der Waals surface area contributed by atoms with Gasteiger partial charge in [-0.2, -0.15) is 9.97 Å². The number of esters is 2. The molecule has 0 bridgehead atoms. The van der Waals surface area contributed by atoms with Gasteiger partial charge in [0.25, 0.3) is 0 Å². The number of ether oxygens (including phenoxy) is 6. The summed E-state index contributed by atoms with van der Waals surface area (Å²) in [6, 6.07) is 6.76. The van der Waals surface area contributed by atoms with Crippen LogP contribution in [0.25, 0.3) is 11.2 Å². The van der Waals surface area contributed by atoms with Crippen molar-refractivity contribution in [3.63, 3.8) is 0 Å². The Balaban J connectivity index is 1.92. The topological polar surface area (TPSA) is 220 Å². The Kier molecular flexibility index (Phi) is 14.0. The predicted molar refractivity (Wildman–Crippen MR) is 168 cm³/mol. The lowest BCUT2D eigenvalue weighted by molar-refractivity contribution is -0.145. The largest absolute Gasteiger partial charge is 0.491 e. The smallest absolute Gasteiger partial charge is 0.327 e. The Bertz CT molecular complexity index is 1500. The van der Waals surface area contributed by atoms with Crippen LogP contribution in [0.4, 0.5) is 5.82 Å². The summed E-state index contributed by atoms with van der Waals surface area (Å²) < 4.78 is 48.1. The monoisotopic (exact) mass is 667 g/mol. The Labute approximate surface area is 265 Å². The molecular formula is C28H42N7O10P. The van der Waals surface area contributed by atoms with Gasteiger partial charge in [0, 0.05) is 7.11 Å². The van der Waals surface area contributed by atoms with Crippen LogP contribution in [0.1, 0.15) is 27.7 Å². The lowest BCUT2D eigenvalue weighted by atomic mass is 10.3. The molecule has 0 aliphatic rings. The summed E-state index contributed by atoms with van der Waals surface area (Å²) in [5, 5.41) is 5.46. The Morgan fingerprint density at radius 3 is 2.22 bits per heavy atom. The molecule has 18 heteroatoms. The number of hydrogen-bond donors (Lipinski definition) is 4. The van der Waals surface area contributed by atoms with Crippen LogP contribution < -0.4 is 31.1 Å². The fraction of sp³-hybridized carbons (Fsp3) is 0.536. The van der Waals surface area contributed by atoms with Gasteiger partial charge in [-0.15, -0.1) is 0 Å². The van der Waals surface area contributed by atoms with Crippen LogP contribution in [0.5, 0.6) is 11.8 Å². The van der Waals surface area contributed by atoms with Crippen molar-refractivity contribution in [3.8, 4) is 11.8 Å². The van der Waals surface area contributed by atoms with Crippen molar-refractivity contribution < 1.29 is 42.6 Å². The molecule has 0 radical (unpaired) electrons. The number of benzene rings is 1. The molecule has 2 heterocycles. The van der Waals surface area contributed by atoms with E-state index in [0.29, 0.717) is 5.75 Å². The van der Waals surface area contributed by atoms with E-state index < -0.39 is 49.6 Å². The maximum atomic E-state index is 14.2. The van der Waals surface area contributed by atoms with E-state index in [4.69, 9.17) is 34.2 Å². The summed E-state index contributed by atoms with van der Waals surface area (Å²) in [4.78, 5) is 48.9. The number of imidazole rings is 1. The minimum absolute atomic E-state index is 0.00919. The second-order valence-electron chi connectivity index (χ2n) is 9.96. The molecule has 0 amide bonds. The highest BCUT2D eigenvalue weighted by molar-refractivity contribution is 7.59. The number of nitrogens with one attached hydrogen (secondary N) is 3. The molecule has 46 heavy (non-hydrogen) atoms. The summed E-state index contributed by atoms with van der Waals surface area (Å²) in [7, 11) is -2.35. The summed E-state index contributed by atoms with van der Waals surface area (Å²) in [5.41, 5.74) is 5.84. The van der Waals surface area contributed by atoms with Crippen LogP contribution >= 0.6 is 7.44 Å². The van der Waals surface area contributed by atoms with Crippen molar-refractivity contribution in [1.82, 2.24) is 29.7 Å². The van der Waals surface area contributed by atoms with Crippen LogP contribution in [0.3, 0.4) is 0 Å². The highest BCUT2D eigenvalue weighted by Gasteiger charge is 2.33. The Morgan fingerprint density at radius 2 is 1.63 bits per heavy atom. The molecule has 3 atom stereocenters. The highest BCUT2D eigenvalue weighted by atomic mass is 31.2. The number of nitrogens with two attached hydrogens (primary N) is 1. The number of para-hydroxylation sites is 1. The first-order chi connectivity index (χ1) is 22.0. The number of nitrogens with zero attached hydrogens (tertiary/aromatic N) is 3. The maximum Gasteiger partial charge on any atom is 0.327 e. The molecule has 0 unspecified atom stereocenters. The average Bonchev–Trinajstić information content (AvgIpc) is 3.34. The number of fused-ring (bicyclic) bond motifs is 1. The normalized spacial score (nSPS) is 13.6. The van der Waals surface area contributed by atoms with Gasteiger partial charge in [0.2, 0.25) is 7.44 Å². The number of hydrogen-bond acceptors (Lipinski definition) is 13. The molecule has 0 fully saturated rings. The van der Waals surface area contributed by atoms with Gasteiger partial charge in [0.05, 0.1) is 26.4 Å². The molecule has 3 rings (SSSR count). The van der Waals surface area contributed by atoms with Gasteiger partial charge in [-0.05, 0) is 39.8 Å². The number of nitrogen functional groups attached to an aromatic ring is 1. The van der Waals surface area contributed by atoms with E-state index in [2.05, 4.69) is 25.1 Å². The van der Waals surface area contributed by atoms with Crippen molar-refractivity contribution in [3.05, 3.63) is 40.8 Å². The zero-order chi connectivity index (χ0) is 33.7. The number of H-pyrrole nitrogens is 1. The third-order valence-corrected chi connectivity index (χ3v) is 8.41. The molecule has 2 aromatic heterocycles. The summed E-state index contributed by atoms with van der Waals surface area (Å²) in [6.45, 7) is 6.65. The van der Waals surface area contributed by atoms with E-state index >= 15 is 0 Å². The summed E-state index contributed by atoms with van der Waals surface area (Å²) in [5.74, 6) is -0.786. The SMILES string of the molecule is CCOC(=O)[C@H](C)NP(=O)(CO[C@@H](COc1ccccc1)Cn1c(=O)[nH]c2c(N)nc(OCCOC)nc21)N[C@@H](C)C(=O)OCC. The van der Waals surface area contributed by atoms with Gasteiger partial charge < -0.3 is 39.1 Å². The Morgan fingerprint density at radius 1 is 1.00 bits per heavy atom. The predicted octanol–water partition coefficient (Wildman–Crippen LogP) is 1.42. The van der Waals surface area contributed by atoms with Crippen molar-refractivity contribution in [2.24, 2.45) is 0 Å². The lowest BCUT2D eigenvalue weighted by Gasteiger charge is -2.28. The van der Waals surface area contributed by atoms with Crippen molar-refractivity contribution >= 4 is 36.4 Å². The summed E-state index contributed by atoms with van der Waals surface area (Å²) in [6.07, 6.45) is -1.44. The summed E-state index contributed by atoms with van der Waals surface area (Å²) >= 11 is 0. The van der Waals surface area contributed by atoms with Gasteiger partial charge in [0.1, 0.15) is 49.0 Å². The van der Waals surface area contributed by atoms with E-state index in [1.807, 2.05) is 6.07 Å². The van der Waals surface area contributed by atoms with Crippen LogP contribution in [0.15, 0.2) is 35.1 Å². The molecule has 254 valence electrons. The molecule has 5 N–H and O–H groups in total. The molecule has 0 saturated heterocycles. The molecule has 0 aliphatic carbocycles. The van der Waals surface area contributed by atoms with Crippen molar-refractivity contribution in [1.29, 1.82) is 0 Å². The number of rotatable bonds is 20. The number of carbonyl (C=O) groups excluding carboxylic acids is 2. The van der Waals surface area contributed by atoms with Crippen LogP contribution in [0, 0.1) is 0 Å². The second kappa shape index (κ2) is 17.6. The molecular weight excluding hydrogens is 625 g/mol. The molecule has 3 aromatic rings. The standard InChI is InChI=1S/C28H42N7O10P/c1-6-41-25(36)18(3)33-46(39,34-19(4)26(37)42-7-2)17-45-21(16-44-20-11-9-8-10-12-20)15-35-24-22(30-28(35)38)23(29)31-27(32-24)43-14-13-40-5/h8-12,18-19,21H,6-7,13-17H2,1-5H3,(H,30,38)(H2,29,31,32)(H2,33,34,39)/t18-,19-,21+/m0/s1. The molecule has 0 saturated carbocycles. The third-order valence-electron chi connectivity index (χ3n) is 6.29. The van der Waals surface area contributed by atoms with E-state index in [0.717, 1.165) is 0 Å². The number of methoxy groups -OCH3 is 1. The second-order valence-corrected chi connectivity index (χ2v) is 12.2.